The Kier molecular flexibility index (Phi) is 2.83. The molecule has 0 fully saturated rings. The Morgan fingerprint density at radius 1 is 1.17 bits per heavy atom. The first-order valence-electron chi connectivity index (χ1n) is 6.03. The Labute approximate surface area is 115 Å². The summed E-state index contributed by atoms with van der Waals surface area (Å²) in [6.45, 7) is 2.13. The van der Waals surface area contributed by atoms with E-state index in [1.54, 1.807) is 0 Å². The number of hydrogen-bond donors (Lipinski definition) is 0. The predicted octanol–water partition coefficient (Wildman–Crippen LogP) is 4.09. The van der Waals surface area contributed by atoms with E-state index in [-0.39, 0.29) is 5.78 Å². The predicted molar refractivity (Wildman–Crippen MR) is 76.2 cm³/mol. The minimum Gasteiger partial charge on any atom is -0.294 e. The van der Waals surface area contributed by atoms with Crippen LogP contribution in [-0.4, -0.2) is 5.78 Å². The van der Waals surface area contributed by atoms with Gasteiger partial charge in [-0.1, -0.05) is 40.2 Å². The second-order valence-electron chi connectivity index (χ2n) is 4.84. The zero-order chi connectivity index (χ0) is 12.7. The van der Waals surface area contributed by atoms with E-state index >= 15 is 0 Å². The molecule has 0 heterocycles. The molecule has 0 radical (unpaired) electrons. The summed E-state index contributed by atoms with van der Waals surface area (Å²) < 4.78 is 1.11. The first-order valence-corrected chi connectivity index (χ1v) is 6.83. The van der Waals surface area contributed by atoms with E-state index in [9.17, 15) is 4.79 Å². The van der Waals surface area contributed by atoms with Crippen LogP contribution < -0.4 is 0 Å². The van der Waals surface area contributed by atoms with Gasteiger partial charge in [0.2, 0.25) is 0 Å². The van der Waals surface area contributed by atoms with Crippen LogP contribution in [0.4, 0.5) is 0 Å². The van der Waals surface area contributed by atoms with Crippen molar-refractivity contribution in [3.63, 3.8) is 0 Å². The molecule has 18 heavy (non-hydrogen) atoms. The molecule has 2 aromatic rings. The molecule has 2 aromatic carbocycles. The molecule has 0 N–H and O–H groups in total. The van der Waals surface area contributed by atoms with E-state index in [1.165, 1.54) is 22.3 Å². The normalized spacial score (nSPS) is 13.1. The Morgan fingerprint density at radius 2 is 2.00 bits per heavy atom. The maximum atomic E-state index is 11.3. The quantitative estimate of drug-likeness (QED) is 0.816. The number of benzene rings is 2. The van der Waals surface area contributed by atoms with E-state index in [0.717, 1.165) is 16.5 Å². The van der Waals surface area contributed by atoms with E-state index in [0.29, 0.717) is 6.42 Å². The van der Waals surface area contributed by atoms with Gasteiger partial charge in [0.05, 0.1) is 0 Å². The fraction of sp³-hybridized carbons (Fsp3) is 0.188. The van der Waals surface area contributed by atoms with Crippen LogP contribution in [0.25, 0.3) is 0 Å². The summed E-state index contributed by atoms with van der Waals surface area (Å²) in [7, 11) is 0. The van der Waals surface area contributed by atoms with Crippen LogP contribution >= 0.6 is 15.9 Å². The number of fused-ring (bicyclic) bond motifs is 1. The van der Waals surface area contributed by atoms with Gasteiger partial charge in [0.1, 0.15) is 0 Å². The zero-order valence-electron chi connectivity index (χ0n) is 10.2. The third kappa shape index (κ3) is 2.01. The highest BCUT2D eigenvalue weighted by Gasteiger charge is 2.22. The van der Waals surface area contributed by atoms with E-state index in [2.05, 4.69) is 53.2 Å². The summed E-state index contributed by atoms with van der Waals surface area (Å²) in [5, 5.41) is 0. The number of aryl methyl sites for hydroxylation is 1. The Morgan fingerprint density at radius 3 is 2.72 bits per heavy atom. The molecule has 0 unspecified atom stereocenters. The number of rotatable bonds is 2. The largest absolute Gasteiger partial charge is 0.294 e. The lowest BCUT2D eigenvalue weighted by molar-refractivity contribution is 0.0968. The maximum absolute atomic E-state index is 11.3. The summed E-state index contributed by atoms with van der Waals surface area (Å²) in [4.78, 5) is 11.3. The van der Waals surface area contributed by atoms with Gasteiger partial charge in [-0.3, -0.25) is 4.79 Å². The second kappa shape index (κ2) is 4.36. The number of carbonyl (C=O) groups excluding carboxylic acids is 1. The highest BCUT2D eigenvalue weighted by molar-refractivity contribution is 9.10. The highest BCUT2D eigenvalue weighted by Crippen LogP contribution is 2.26. The molecule has 0 atom stereocenters. The van der Waals surface area contributed by atoms with Gasteiger partial charge in [-0.05, 0) is 47.7 Å². The van der Waals surface area contributed by atoms with Crippen LogP contribution in [0.2, 0.25) is 0 Å². The molecule has 0 aliphatic heterocycles. The van der Waals surface area contributed by atoms with Crippen molar-refractivity contribution in [1.29, 1.82) is 0 Å². The first-order chi connectivity index (χ1) is 8.63. The number of ketones is 1. The van der Waals surface area contributed by atoms with Gasteiger partial charge in [-0.25, -0.2) is 0 Å². The third-order valence-corrected chi connectivity index (χ3v) is 4.02. The third-order valence-electron chi connectivity index (χ3n) is 3.53. The molecule has 0 saturated carbocycles. The zero-order valence-corrected chi connectivity index (χ0v) is 11.8. The van der Waals surface area contributed by atoms with Crippen molar-refractivity contribution in [3.05, 3.63) is 68.7 Å². The molecule has 1 nitrogen and oxygen atoms in total. The van der Waals surface area contributed by atoms with Crippen molar-refractivity contribution >= 4 is 21.7 Å². The molecule has 90 valence electrons. The van der Waals surface area contributed by atoms with Gasteiger partial charge in [0.15, 0.2) is 5.78 Å². The number of carbonyl (C=O) groups is 1. The lowest BCUT2D eigenvalue weighted by atomic mass is 9.85. The number of hydrogen-bond acceptors (Lipinski definition) is 1. The molecular formula is C16H13BrO. The average molecular weight is 301 g/mol. The van der Waals surface area contributed by atoms with Crippen molar-refractivity contribution in [2.75, 3.05) is 0 Å². The van der Waals surface area contributed by atoms with Gasteiger partial charge in [0, 0.05) is 16.5 Å². The molecule has 0 amide bonds. The average Bonchev–Trinajstić information content (AvgIpc) is 2.33. The summed E-state index contributed by atoms with van der Waals surface area (Å²) in [6, 6.07) is 12.6. The molecule has 0 aromatic heterocycles. The highest BCUT2D eigenvalue weighted by atomic mass is 79.9. The molecule has 1 aliphatic rings. The Hall–Kier alpha value is -1.41. The van der Waals surface area contributed by atoms with Crippen molar-refractivity contribution in [2.45, 2.75) is 19.8 Å². The monoisotopic (exact) mass is 300 g/mol. The molecule has 0 saturated heterocycles. The standard InChI is InChI=1S/C16H13BrO/c1-10-2-4-14(17)8-12(10)6-11-3-5-15-13(7-11)9-16(15)18/h2-5,7-8H,6,9H2,1H3. The van der Waals surface area contributed by atoms with Gasteiger partial charge >= 0.3 is 0 Å². The summed E-state index contributed by atoms with van der Waals surface area (Å²) in [5.74, 6) is 0.273. The van der Waals surface area contributed by atoms with Crippen molar-refractivity contribution < 1.29 is 4.79 Å². The van der Waals surface area contributed by atoms with Crippen LogP contribution in [0, 0.1) is 6.92 Å². The van der Waals surface area contributed by atoms with Crippen molar-refractivity contribution in [3.8, 4) is 0 Å². The Balaban J connectivity index is 1.91. The van der Waals surface area contributed by atoms with E-state index in [1.807, 2.05) is 6.07 Å². The molecule has 0 spiro atoms. The van der Waals surface area contributed by atoms with Crippen LogP contribution in [0.15, 0.2) is 40.9 Å². The fourth-order valence-electron chi connectivity index (χ4n) is 2.39. The van der Waals surface area contributed by atoms with Crippen LogP contribution in [0.5, 0.6) is 0 Å². The van der Waals surface area contributed by atoms with Crippen LogP contribution in [0.3, 0.4) is 0 Å². The molecule has 0 bridgehead atoms. The summed E-state index contributed by atoms with van der Waals surface area (Å²) in [5.41, 5.74) is 6.02. The molecule has 1 aliphatic carbocycles. The lowest BCUT2D eigenvalue weighted by Crippen LogP contribution is -2.18. The van der Waals surface area contributed by atoms with Crippen LogP contribution in [0.1, 0.15) is 32.6 Å². The number of halogens is 1. The van der Waals surface area contributed by atoms with Gasteiger partial charge in [-0.2, -0.15) is 0 Å². The first kappa shape index (κ1) is 11.7. The second-order valence-corrected chi connectivity index (χ2v) is 5.75. The molecule has 3 rings (SSSR count). The van der Waals surface area contributed by atoms with Gasteiger partial charge in [-0.15, -0.1) is 0 Å². The van der Waals surface area contributed by atoms with Crippen LogP contribution in [-0.2, 0) is 12.8 Å². The van der Waals surface area contributed by atoms with Crippen molar-refractivity contribution in [1.82, 2.24) is 0 Å². The summed E-state index contributed by atoms with van der Waals surface area (Å²) >= 11 is 3.51. The minimum absolute atomic E-state index is 0.273. The SMILES string of the molecule is Cc1ccc(Br)cc1Cc1ccc2c(c1)CC2=O. The maximum Gasteiger partial charge on any atom is 0.167 e. The smallest absolute Gasteiger partial charge is 0.167 e. The Bertz CT molecular complexity index is 644. The van der Waals surface area contributed by atoms with Gasteiger partial charge < -0.3 is 0 Å². The van der Waals surface area contributed by atoms with E-state index < -0.39 is 0 Å². The number of Topliss-reactive ketones (excluding diaryl/α,β-unsaturated/α-hetero) is 1. The molecular weight excluding hydrogens is 288 g/mol. The van der Waals surface area contributed by atoms with Gasteiger partial charge in [0.25, 0.3) is 0 Å². The van der Waals surface area contributed by atoms with Crippen molar-refractivity contribution in [2.24, 2.45) is 0 Å². The molecule has 2 heteroatoms. The van der Waals surface area contributed by atoms with E-state index in [4.69, 9.17) is 0 Å². The summed E-state index contributed by atoms with van der Waals surface area (Å²) in [6.07, 6.45) is 1.54. The topological polar surface area (TPSA) is 17.1 Å². The lowest BCUT2D eigenvalue weighted by Gasteiger charge is -2.18. The fourth-order valence-corrected chi connectivity index (χ4v) is 2.80. The minimum atomic E-state index is 0.273.